The third-order valence-electron chi connectivity index (χ3n) is 5.24. The molecule has 4 rings (SSSR count). The molecule has 11 nitrogen and oxygen atoms in total. The molecule has 0 saturated carbocycles. The first-order valence-electron chi connectivity index (χ1n) is 9.50. The van der Waals surface area contributed by atoms with E-state index < -0.39 is 70.1 Å². The monoisotopic (exact) mass is 448 g/mol. The van der Waals surface area contributed by atoms with Crippen LogP contribution >= 0.6 is 0 Å². The maximum atomic E-state index is 12.6. The van der Waals surface area contributed by atoms with Gasteiger partial charge in [-0.15, -0.1) is 0 Å². The van der Waals surface area contributed by atoms with Gasteiger partial charge in [-0.1, -0.05) is 0 Å². The van der Waals surface area contributed by atoms with Crippen LogP contribution < -0.4 is 10.2 Å². The van der Waals surface area contributed by atoms with Crippen molar-refractivity contribution in [3.63, 3.8) is 0 Å². The van der Waals surface area contributed by atoms with Crippen molar-refractivity contribution < 1.29 is 49.6 Å². The number of hydrogen-bond acceptors (Lipinski definition) is 11. The fourth-order valence-corrected chi connectivity index (χ4v) is 3.44. The maximum Gasteiger partial charge on any atom is 0.238 e. The molecule has 0 amide bonds. The second-order valence-corrected chi connectivity index (χ2v) is 7.40. The summed E-state index contributed by atoms with van der Waals surface area (Å²) in [5.41, 5.74) is -1.36. The molecule has 0 aliphatic carbocycles. The largest absolute Gasteiger partial charge is 0.508 e. The van der Waals surface area contributed by atoms with Crippen molar-refractivity contribution >= 4 is 11.0 Å². The van der Waals surface area contributed by atoms with Crippen molar-refractivity contribution in [2.45, 2.75) is 37.6 Å². The van der Waals surface area contributed by atoms with Crippen molar-refractivity contribution in [1.82, 2.24) is 0 Å². The zero-order chi connectivity index (χ0) is 23.3. The minimum absolute atomic E-state index is 0.0693. The summed E-state index contributed by atoms with van der Waals surface area (Å²) in [6.07, 6.45) is -7.14. The van der Waals surface area contributed by atoms with Crippen LogP contribution in [0.4, 0.5) is 0 Å². The molecule has 32 heavy (non-hydrogen) atoms. The molecule has 5 atom stereocenters. The van der Waals surface area contributed by atoms with Gasteiger partial charge in [-0.25, -0.2) is 0 Å². The number of phenolic OH excluding ortho intramolecular Hbond substituents is 3. The number of aliphatic hydroxyl groups is 3. The fourth-order valence-electron chi connectivity index (χ4n) is 3.44. The topological polar surface area (TPSA) is 190 Å². The number of ether oxygens (including phenoxy) is 2. The zero-order valence-corrected chi connectivity index (χ0v) is 16.5. The number of hydrogen-bond donors (Lipinski definition) is 7. The number of rotatable bonds is 3. The van der Waals surface area contributed by atoms with E-state index in [-0.39, 0.29) is 17.1 Å². The van der Waals surface area contributed by atoms with E-state index in [9.17, 15) is 40.5 Å². The first-order valence-corrected chi connectivity index (χ1v) is 9.50. The molecule has 1 aliphatic heterocycles. The van der Waals surface area contributed by atoms with Gasteiger partial charge >= 0.3 is 0 Å². The average molecular weight is 448 g/mol. The van der Waals surface area contributed by atoms with E-state index in [1.54, 1.807) is 0 Å². The normalized spacial score (nSPS) is 25.7. The standard InChI is InChI=1S/C21H20O11/c1-7-13(24)16(27)18(29)21(30-7)31-11-6-10(23)12-15(26)17(28)19(32-20(12)14(11)25)8-2-4-9(22)5-3-8/h2-7,13,16,18,21-25,27-29H,1H3/t7-,13-,16-,18-,21+/m0/s1. The minimum atomic E-state index is -1.70. The number of phenols is 3. The third-order valence-corrected chi connectivity index (χ3v) is 5.24. The second kappa shape index (κ2) is 7.88. The summed E-state index contributed by atoms with van der Waals surface area (Å²) < 4.78 is 16.2. The molecule has 2 heterocycles. The Bertz CT molecular complexity index is 1220. The predicted molar refractivity (Wildman–Crippen MR) is 108 cm³/mol. The quantitative estimate of drug-likeness (QED) is 0.276. The molecule has 1 aromatic heterocycles. The lowest BCUT2D eigenvalue weighted by Gasteiger charge is -2.38. The number of aromatic hydroxyl groups is 4. The third kappa shape index (κ3) is 3.46. The van der Waals surface area contributed by atoms with E-state index >= 15 is 0 Å². The number of benzene rings is 2. The molecular formula is C21H20O11. The van der Waals surface area contributed by atoms with Crippen molar-refractivity contribution in [2.75, 3.05) is 0 Å². The van der Waals surface area contributed by atoms with Gasteiger partial charge in [0.15, 0.2) is 17.1 Å². The molecule has 0 bridgehead atoms. The molecule has 3 aromatic rings. The minimum Gasteiger partial charge on any atom is -0.508 e. The van der Waals surface area contributed by atoms with Gasteiger partial charge in [-0.2, -0.15) is 0 Å². The van der Waals surface area contributed by atoms with E-state index in [1.165, 1.54) is 31.2 Å². The van der Waals surface area contributed by atoms with Crippen LogP contribution in [0, 0.1) is 0 Å². The molecule has 1 fully saturated rings. The van der Waals surface area contributed by atoms with Crippen LogP contribution in [0.3, 0.4) is 0 Å². The molecule has 170 valence electrons. The van der Waals surface area contributed by atoms with Crippen molar-refractivity contribution in [3.8, 4) is 40.1 Å². The summed E-state index contributed by atoms with van der Waals surface area (Å²) in [5, 5.41) is 70.0. The van der Waals surface area contributed by atoms with Crippen LogP contribution in [-0.4, -0.2) is 66.5 Å². The van der Waals surface area contributed by atoms with Crippen molar-refractivity contribution in [1.29, 1.82) is 0 Å². The van der Waals surface area contributed by atoms with Crippen LogP contribution in [0.5, 0.6) is 28.7 Å². The van der Waals surface area contributed by atoms with Crippen LogP contribution in [0.2, 0.25) is 0 Å². The van der Waals surface area contributed by atoms with Gasteiger partial charge in [0.25, 0.3) is 0 Å². The molecule has 0 spiro atoms. The Labute approximate surface area is 179 Å². The predicted octanol–water partition coefficient (Wildman–Crippen LogP) is 0.489. The second-order valence-electron chi connectivity index (χ2n) is 7.40. The van der Waals surface area contributed by atoms with Crippen LogP contribution in [-0.2, 0) is 4.74 Å². The van der Waals surface area contributed by atoms with E-state index in [1.807, 2.05) is 0 Å². The summed E-state index contributed by atoms with van der Waals surface area (Å²) >= 11 is 0. The molecular weight excluding hydrogens is 428 g/mol. The van der Waals surface area contributed by atoms with Gasteiger partial charge in [0.05, 0.1) is 6.10 Å². The molecule has 0 unspecified atom stereocenters. The highest BCUT2D eigenvalue weighted by Crippen LogP contribution is 2.43. The Hall–Kier alpha value is -3.51. The number of fused-ring (bicyclic) bond motifs is 1. The molecule has 1 saturated heterocycles. The molecule has 2 aromatic carbocycles. The highest BCUT2D eigenvalue weighted by molar-refractivity contribution is 5.93. The summed E-state index contributed by atoms with van der Waals surface area (Å²) in [6, 6.07) is 6.15. The van der Waals surface area contributed by atoms with Gasteiger partial charge in [-0.3, -0.25) is 4.79 Å². The lowest BCUT2D eigenvalue weighted by molar-refractivity contribution is -0.268. The summed E-state index contributed by atoms with van der Waals surface area (Å²) in [5.74, 6) is -3.15. The van der Waals surface area contributed by atoms with Crippen LogP contribution in [0.1, 0.15) is 6.92 Å². The molecule has 7 N–H and O–H groups in total. The van der Waals surface area contributed by atoms with Crippen molar-refractivity contribution in [3.05, 3.63) is 40.6 Å². The Morgan fingerprint density at radius 2 is 1.56 bits per heavy atom. The molecule has 1 aliphatic rings. The van der Waals surface area contributed by atoms with E-state index in [2.05, 4.69) is 0 Å². The average Bonchev–Trinajstić information content (AvgIpc) is 2.76. The lowest BCUT2D eigenvalue weighted by Crippen LogP contribution is -2.58. The fraction of sp³-hybridized carbons (Fsp3) is 0.286. The summed E-state index contributed by atoms with van der Waals surface area (Å²) in [6.45, 7) is 1.43. The first-order chi connectivity index (χ1) is 15.1. The Morgan fingerprint density at radius 3 is 2.22 bits per heavy atom. The number of aliphatic hydroxyl groups excluding tert-OH is 3. The Kier molecular flexibility index (Phi) is 5.34. The highest BCUT2D eigenvalue weighted by Gasteiger charge is 2.43. The molecule has 11 heteroatoms. The van der Waals surface area contributed by atoms with Crippen LogP contribution in [0.15, 0.2) is 39.5 Å². The Balaban J connectivity index is 1.82. The van der Waals surface area contributed by atoms with Gasteiger partial charge in [-0.05, 0) is 31.2 Å². The smallest absolute Gasteiger partial charge is 0.238 e. The molecule has 0 radical (unpaired) electrons. The maximum absolute atomic E-state index is 12.6. The summed E-state index contributed by atoms with van der Waals surface area (Å²) in [4.78, 5) is 12.6. The van der Waals surface area contributed by atoms with Crippen molar-refractivity contribution in [2.24, 2.45) is 0 Å². The SMILES string of the molecule is C[C@@H]1O[C@H](Oc2cc(O)c3c(=O)c(O)c(-c4ccc(O)cc4)oc3c2O)[C@@H](O)[C@@H](O)[C@H]1O. The van der Waals surface area contributed by atoms with Gasteiger partial charge < -0.3 is 49.6 Å². The summed E-state index contributed by atoms with van der Waals surface area (Å²) in [7, 11) is 0. The van der Waals surface area contributed by atoms with E-state index in [4.69, 9.17) is 13.9 Å². The van der Waals surface area contributed by atoms with Gasteiger partial charge in [0.1, 0.15) is 35.2 Å². The van der Waals surface area contributed by atoms with E-state index in [0.29, 0.717) is 0 Å². The Morgan fingerprint density at radius 1 is 0.906 bits per heavy atom. The van der Waals surface area contributed by atoms with Gasteiger partial charge in [0.2, 0.25) is 23.2 Å². The first kappa shape index (κ1) is 21.7. The van der Waals surface area contributed by atoms with E-state index in [0.717, 1.165) is 6.07 Å². The van der Waals surface area contributed by atoms with Gasteiger partial charge in [0, 0.05) is 11.6 Å². The lowest BCUT2D eigenvalue weighted by atomic mass is 10.00. The zero-order valence-electron chi connectivity index (χ0n) is 16.5. The van der Waals surface area contributed by atoms with Crippen LogP contribution in [0.25, 0.3) is 22.3 Å². The highest BCUT2D eigenvalue weighted by atomic mass is 16.7.